The Morgan fingerprint density at radius 1 is 1.08 bits per heavy atom. The number of nitrogens with zero attached hydrogens (tertiary/aromatic N) is 3. The first-order valence-electron chi connectivity index (χ1n) is 12.0. The van der Waals surface area contributed by atoms with E-state index < -0.39 is 40.1 Å². The molecule has 2 aromatic carbocycles. The quantitative estimate of drug-likeness (QED) is 0.469. The molecule has 6 nitrogen and oxygen atoms in total. The normalized spacial score (nSPS) is 21.2. The highest BCUT2D eigenvalue weighted by atomic mass is 19.4. The number of carbonyl (C=O) groups is 1. The summed E-state index contributed by atoms with van der Waals surface area (Å²) in [6.07, 6.45) is -1.88. The second-order valence-electron chi connectivity index (χ2n) is 9.94. The summed E-state index contributed by atoms with van der Waals surface area (Å²) in [7, 11) is 0. The molecule has 3 aromatic rings. The monoisotopic (exact) mass is 515 g/mol. The predicted molar refractivity (Wildman–Crippen MR) is 128 cm³/mol. The molecule has 2 atom stereocenters. The van der Waals surface area contributed by atoms with Crippen LogP contribution < -0.4 is 11.2 Å². The van der Waals surface area contributed by atoms with Gasteiger partial charge >= 0.3 is 11.9 Å². The molecule has 10 heteroatoms. The van der Waals surface area contributed by atoms with Crippen LogP contribution in [0.3, 0.4) is 0 Å². The van der Waals surface area contributed by atoms with Crippen molar-refractivity contribution in [2.24, 2.45) is 5.92 Å². The molecule has 2 fully saturated rings. The molecule has 1 aliphatic heterocycles. The van der Waals surface area contributed by atoms with Crippen LogP contribution in [-0.2, 0) is 18.1 Å². The lowest BCUT2D eigenvalue weighted by atomic mass is 9.93. The first-order valence-corrected chi connectivity index (χ1v) is 12.0. The first-order chi connectivity index (χ1) is 17.5. The number of aryl methyl sites for hydroxylation is 2. The summed E-state index contributed by atoms with van der Waals surface area (Å²) in [5, 5.41) is 0. The highest BCUT2D eigenvalue weighted by Gasteiger charge is 2.61. The average Bonchev–Trinajstić information content (AvgIpc) is 3.42. The molecule has 5 rings (SSSR count). The van der Waals surface area contributed by atoms with Gasteiger partial charge in [0, 0.05) is 42.4 Å². The maximum atomic E-state index is 14.6. The lowest BCUT2D eigenvalue weighted by Crippen LogP contribution is -2.44. The van der Waals surface area contributed by atoms with Gasteiger partial charge in [-0.25, -0.2) is 9.18 Å². The highest BCUT2D eigenvalue weighted by Crippen LogP contribution is 2.59. The van der Waals surface area contributed by atoms with Gasteiger partial charge in [0.05, 0.1) is 5.56 Å². The lowest BCUT2D eigenvalue weighted by Gasteiger charge is -2.22. The van der Waals surface area contributed by atoms with E-state index in [1.807, 2.05) is 0 Å². The van der Waals surface area contributed by atoms with Gasteiger partial charge < -0.3 is 4.90 Å². The summed E-state index contributed by atoms with van der Waals surface area (Å²) in [5.74, 6) is -1.34. The Morgan fingerprint density at radius 2 is 1.81 bits per heavy atom. The highest BCUT2D eigenvalue weighted by molar-refractivity contribution is 5.95. The lowest BCUT2D eigenvalue weighted by molar-refractivity contribution is -0.137. The number of carbonyl (C=O) groups excluding carboxylic acids is 1. The first kappa shape index (κ1) is 25.1. The largest absolute Gasteiger partial charge is 0.416 e. The number of piperidine rings is 1. The summed E-state index contributed by atoms with van der Waals surface area (Å²) < 4.78 is 55.4. The van der Waals surface area contributed by atoms with Crippen molar-refractivity contribution in [2.45, 2.75) is 37.9 Å². The van der Waals surface area contributed by atoms with Crippen molar-refractivity contribution in [3.63, 3.8) is 0 Å². The van der Waals surface area contributed by atoms with Crippen LogP contribution in [0.1, 0.15) is 39.9 Å². The molecule has 0 amide bonds. The fourth-order valence-electron chi connectivity index (χ4n) is 5.52. The van der Waals surface area contributed by atoms with Gasteiger partial charge in [0.25, 0.3) is 11.5 Å². The number of halogens is 4. The van der Waals surface area contributed by atoms with Crippen LogP contribution in [0.25, 0.3) is 0 Å². The van der Waals surface area contributed by atoms with Crippen LogP contribution in [0.15, 0.2) is 64.3 Å². The van der Waals surface area contributed by atoms with E-state index >= 15 is 0 Å². The molecule has 1 aromatic heterocycles. The van der Waals surface area contributed by atoms with Gasteiger partial charge in [0.15, 0.2) is 0 Å². The van der Waals surface area contributed by atoms with Gasteiger partial charge in [-0.05, 0) is 62.1 Å². The van der Waals surface area contributed by atoms with Crippen molar-refractivity contribution in [1.29, 1.82) is 0 Å². The molecule has 1 unspecified atom stereocenters. The zero-order valence-corrected chi connectivity index (χ0v) is 20.1. The van der Waals surface area contributed by atoms with Gasteiger partial charge in [0.2, 0.25) is 0 Å². The molecular formula is C27H25F4N3O3. The molecule has 1 saturated carbocycles. The molecule has 2 heterocycles. The maximum Gasteiger partial charge on any atom is 0.416 e. The summed E-state index contributed by atoms with van der Waals surface area (Å²) in [4.78, 5) is 40.5. The molecule has 37 heavy (non-hydrogen) atoms. The van der Waals surface area contributed by atoms with Crippen molar-refractivity contribution in [2.75, 3.05) is 19.6 Å². The van der Waals surface area contributed by atoms with E-state index in [4.69, 9.17) is 0 Å². The zero-order valence-electron chi connectivity index (χ0n) is 20.1. The van der Waals surface area contributed by atoms with Crippen molar-refractivity contribution in [3.05, 3.63) is 104 Å². The minimum Gasteiger partial charge on any atom is -0.302 e. The van der Waals surface area contributed by atoms with E-state index in [1.165, 1.54) is 29.0 Å². The van der Waals surface area contributed by atoms with Crippen LogP contribution in [-0.4, -0.2) is 39.6 Å². The summed E-state index contributed by atoms with van der Waals surface area (Å²) in [5.41, 5.74) is -2.01. The SMILES string of the molecule is Cc1cn(CCCN2CC3C[C@]3(c3ccc(C(F)(F)F)cc3F)C2)c(=O)n(C(=O)c2ccccc2)c1=O. The average molecular weight is 516 g/mol. The molecule has 0 radical (unpaired) electrons. The molecule has 0 N–H and O–H groups in total. The Hall–Kier alpha value is -3.53. The summed E-state index contributed by atoms with van der Waals surface area (Å²) in [6.45, 7) is 3.62. The van der Waals surface area contributed by atoms with Crippen molar-refractivity contribution >= 4 is 5.91 Å². The molecule has 0 spiro atoms. The number of fused-ring (bicyclic) bond motifs is 1. The van der Waals surface area contributed by atoms with Gasteiger partial charge in [-0.3, -0.25) is 14.2 Å². The fourth-order valence-corrected chi connectivity index (χ4v) is 5.52. The van der Waals surface area contributed by atoms with Crippen LogP contribution in [0.4, 0.5) is 17.6 Å². The molecule has 1 saturated heterocycles. The Kier molecular flexibility index (Phi) is 6.18. The molecular weight excluding hydrogens is 490 g/mol. The maximum absolute atomic E-state index is 14.6. The Bertz CT molecular complexity index is 1480. The summed E-state index contributed by atoms with van der Waals surface area (Å²) >= 11 is 0. The molecule has 0 bridgehead atoms. The summed E-state index contributed by atoms with van der Waals surface area (Å²) in [6, 6.07) is 10.9. The Balaban J connectivity index is 1.27. The second kappa shape index (κ2) is 9.09. The van der Waals surface area contributed by atoms with Crippen molar-refractivity contribution in [1.82, 2.24) is 14.0 Å². The van der Waals surface area contributed by atoms with E-state index in [1.54, 1.807) is 25.1 Å². The van der Waals surface area contributed by atoms with Gasteiger partial charge in [-0.2, -0.15) is 17.7 Å². The minimum atomic E-state index is -4.59. The van der Waals surface area contributed by atoms with Crippen molar-refractivity contribution < 1.29 is 22.4 Å². The van der Waals surface area contributed by atoms with Crippen LogP contribution in [0.2, 0.25) is 0 Å². The number of alkyl halides is 3. The molecule has 194 valence electrons. The van der Waals surface area contributed by atoms with Gasteiger partial charge in [0.1, 0.15) is 5.82 Å². The standard InChI is InChI=1S/C27H25F4N3O3/c1-17-14-33(25(37)34(23(17)35)24(36)18-6-3-2-4-7-18)11-5-10-32-15-20-13-26(20,16-32)21-9-8-19(12-22(21)28)27(29,30)31/h2-4,6-9,12,14,20H,5,10-11,13,15-16H2,1H3/t20?,26-/m0/s1. The third kappa shape index (κ3) is 4.54. The van der Waals surface area contributed by atoms with E-state index in [9.17, 15) is 31.9 Å². The smallest absolute Gasteiger partial charge is 0.302 e. The third-order valence-corrected chi connectivity index (χ3v) is 7.47. The molecule has 2 aliphatic rings. The molecule has 1 aliphatic carbocycles. The second-order valence-corrected chi connectivity index (χ2v) is 9.94. The number of hydrogen-bond acceptors (Lipinski definition) is 4. The topological polar surface area (TPSA) is 64.3 Å². The Morgan fingerprint density at radius 3 is 2.49 bits per heavy atom. The predicted octanol–water partition coefficient (Wildman–Crippen LogP) is 3.83. The van der Waals surface area contributed by atoms with E-state index in [-0.39, 0.29) is 23.6 Å². The van der Waals surface area contributed by atoms with Crippen LogP contribution in [0.5, 0.6) is 0 Å². The van der Waals surface area contributed by atoms with E-state index in [0.29, 0.717) is 42.3 Å². The fraction of sp³-hybridized carbons (Fsp3) is 0.370. The Labute approximate surface area is 209 Å². The van der Waals surface area contributed by atoms with Crippen LogP contribution in [0, 0.1) is 18.7 Å². The number of rotatable bonds is 6. The third-order valence-electron chi connectivity index (χ3n) is 7.47. The number of benzene rings is 2. The van der Waals surface area contributed by atoms with Gasteiger partial charge in [-0.15, -0.1) is 0 Å². The van der Waals surface area contributed by atoms with E-state index in [0.717, 1.165) is 12.5 Å². The minimum absolute atomic E-state index is 0.175. The zero-order chi connectivity index (χ0) is 26.5. The van der Waals surface area contributed by atoms with Crippen LogP contribution >= 0.6 is 0 Å². The van der Waals surface area contributed by atoms with E-state index in [2.05, 4.69) is 4.90 Å². The van der Waals surface area contributed by atoms with Gasteiger partial charge in [-0.1, -0.05) is 24.3 Å². The van der Waals surface area contributed by atoms with Crippen molar-refractivity contribution in [3.8, 4) is 0 Å². The number of likely N-dealkylation sites (tertiary alicyclic amines) is 1. The number of hydrogen-bond donors (Lipinski definition) is 0. The number of aromatic nitrogens is 2.